The molecule has 5 N–H and O–H groups in total. The highest BCUT2D eigenvalue weighted by molar-refractivity contribution is 5.97. The van der Waals surface area contributed by atoms with Gasteiger partial charge < -0.3 is 31.5 Å². The van der Waals surface area contributed by atoms with E-state index in [0.29, 0.717) is 42.8 Å². The maximum atomic E-state index is 12.6. The van der Waals surface area contributed by atoms with Crippen LogP contribution in [0.5, 0.6) is 0 Å². The minimum absolute atomic E-state index is 0.125. The molecule has 1 aliphatic heterocycles. The molecule has 2 heterocycles. The molecule has 0 unspecified atom stereocenters. The van der Waals surface area contributed by atoms with Gasteiger partial charge in [0.1, 0.15) is 5.82 Å². The number of carbonyl (C=O) groups is 2. The fraction of sp³-hybridized carbons (Fsp3) is 0.250. The molecule has 1 fully saturated rings. The third-order valence-electron chi connectivity index (χ3n) is 5.52. The zero-order valence-corrected chi connectivity index (χ0v) is 19.0. The van der Waals surface area contributed by atoms with Crippen LogP contribution >= 0.6 is 0 Å². The van der Waals surface area contributed by atoms with E-state index >= 15 is 0 Å². The quantitative estimate of drug-likeness (QED) is 0.427. The number of nitrogens with zero attached hydrogens (tertiary/aromatic N) is 4. The van der Waals surface area contributed by atoms with E-state index in [-0.39, 0.29) is 11.6 Å². The number of hydrogen-bond donors (Lipinski definition) is 4. The van der Waals surface area contributed by atoms with Gasteiger partial charge in [-0.2, -0.15) is 4.98 Å². The van der Waals surface area contributed by atoms with Crippen LogP contribution in [0.25, 0.3) is 0 Å². The lowest BCUT2D eigenvalue weighted by Gasteiger charge is -2.32. The maximum absolute atomic E-state index is 12.6. The first-order valence-electron chi connectivity index (χ1n) is 11.0. The molecule has 0 saturated carbocycles. The second-order valence-corrected chi connectivity index (χ2v) is 8.09. The first-order valence-corrected chi connectivity index (χ1v) is 11.0. The predicted molar refractivity (Wildman–Crippen MR) is 132 cm³/mol. The SMILES string of the molecule is CN1CCN(C(=O)Nc2cccc(Nc3ncc(C(N)=O)c(NCc4ccccc4)n3)c2)CC1. The Morgan fingerprint density at radius 3 is 2.47 bits per heavy atom. The highest BCUT2D eigenvalue weighted by Crippen LogP contribution is 2.21. The normalized spacial score (nSPS) is 13.9. The van der Waals surface area contributed by atoms with Gasteiger partial charge in [-0.3, -0.25) is 4.79 Å². The molecule has 3 amide bonds. The lowest BCUT2D eigenvalue weighted by atomic mass is 10.2. The van der Waals surface area contributed by atoms with Crippen LogP contribution in [0.1, 0.15) is 15.9 Å². The van der Waals surface area contributed by atoms with Gasteiger partial charge in [0.15, 0.2) is 0 Å². The Balaban J connectivity index is 1.44. The van der Waals surface area contributed by atoms with Crippen molar-refractivity contribution in [2.75, 3.05) is 49.2 Å². The third kappa shape index (κ3) is 5.99. The standard InChI is InChI=1S/C24H28N8O2/c1-31-10-12-32(13-11-31)24(34)29-19-9-5-8-18(14-19)28-23-27-16-20(21(25)33)22(30-23)26-15-17-6-3-2-4-7-17/h2-9,14,16H,10-13,15H2,1H3,(H2,25,33)(H,29,34)(H2,26,27,28,30). The Morgan fingerprint density at radius 1 is 1.00 bits per heavy atom. The van der Waals surface area contributed by atoms with E-state index in [1.807, 2.05) is 55.6 Å². The summed E-state index contributed by atoms with van der Waals surface area (Å²) in [6.07, 6.45) is 1.39. The Hall–Kier alpha value is -4.18. The van der Waals surface area contributed by atoms with E-state index in [4.69, 9.17) is 5.73 Å². The predicted octanol–water partition coefficient (Wildman–Crippen LogP) is 2.71. The molecule has 10 nitrogen and oxygen atoms in total. The van der Waals surface area contributed by atoms with E-state index < -0.39 is 5.91 Å². The highest BCUT2D eigenvalue weighted by atomic mass is 16.2. The largest absolute Gasteiger partial charge is 0.365 e. The van der Waals surface area contributed by atoms with Crippen LogP contribution in [0.3, 0.4) is 0 Å². The Morgan fingerprint density at radius 2 is 1.74 bits per heavy atom. The number of nitrogens with two attached hydrogens (primary N) is 1. The highest BCUT2D eigenvalue weighted by Gasteiger charge is 2.19. The van der Waals surface area contributed by atoms with Crippen LogP contribution in [0.2, 0.25) is 0 Å². The van der Waals surface area contributed by atoms with Crippen molar-refractivity contribution in [1.82, 2.24) is 19.8 Å². The van der Waals surface area contributed by atoms with Crippen molar-refractivity contribution >= 4 is 35.1 Å². The monoisotopic (exact) mass is 460 g/mol. The average molecular weight is 461 g/mol. The molecule has 0 bridgehead atoms. The van der Waals surface area contributed by atoms with E-state index in [1.54, 1.807) is 11.0 Å². The number of piperazine rings is 1. The minimum atomic E-state index is -0.615. The Bertz CT molecular complexity index is 1150. The van der Waals surface area contributed by atoms with Crippen LogP contribution in [0, 0.1) is 0 Å². The zero-order valence-electron chi connectivity index (χ0n) is 19.0. The number of aromatic nitrogens is 2. The van der Waals surface area contributed by atoms with E-state index in [0.717, 1.165) is 18.7 Å². The molecule has 0 atom stereocenters. The number of rotatable bonds is 7. The Labute approximate surface area is 198 Å². The number of carbonyl (C=O) groups excluding carboxylic acids is 2. The Kier molecular flexibility index (Phi) is 7.19. The van der Waals surface area contributed by atoms with Crippen molar-refractivity contribution in [3.8, 4) is 0 Å². The number of benzene rings is 2. The molecule has 1 aliphatic rings. The number of nitrogens with one attached hydrogen (secondary N) is 3. The summed E-state index contributed by atoms with van der Waals surface area (Å²) in [5, 5.41) is 9.22. The number of amides is 3. The summed E-state index contributed by atoms with van der Waals surface area (Å²) in [6, 6.07) is 16.9. The van der Waals surface area contributed by atoms with Crippen LogP contribution < -0.4 is 21.7 Å². The third-order valence-corrected chi connectivity index (χ3v) is 5.52. The molecule has 34 heavy (non-hydrogen) atoms. The van der Waals surface area contributed by atoms with Gasteiger partial charge in [0.2, 0.25) is 5.95 Å². The zero-order chi connectivity index (χ0) is 23.9. The van der Waals surface area contributed by atoms with Crippen molar-refractivity contribution in [3.63, 3.8) is 0 Å². The van der Waals surface area contributed by atoms with Crippen molar-refractivity contribution in [2.45, 2.75) is 6.54 Å². The van der Waals surface area contributed by atoms with Crippen LogP contribution in [0.4, 0.5) is 27.9 Å². The van der Waals surface area contributed by atoms with Gasteiger partial charge in [-0.15, -0.1) is 0 Å². The van der Waals surface area contributed by atoms with Gasteiger partial charge in [0.05, 0.1) is 5.56 Å². The van der Waals surface area contributed by atoms with E-state index in [2.05, 4.69) is 30.8 Å². The number of hydrogen-bond acceptors (Lipinski definition) is 7. The van der Waals surface area contributed by atoms with Gasteiger partial charge >= 0.3 is 6.03 Å². The number of anilines is 4. The summed E-state index contributed by atoms with van der Waals surface area (Å²) in [4.78, 5) is 37.1. The second kappa shape index (κ2) is 10.6. The molecule has 3 aromatic rings. The van der Waals surface area contributed by atoms with Crippen LogP contribution in [0.15, 0.2) is 60.8 Å². The topological polar surface area (TPSA) is 129 Å². The maximum Gasteiger partial charge on any atom is 0.321 e. The van der Waals surface area contributed by atoms with E-state index in [9.17, 15) is 9.59 Å². The van der Waals surface area contributed by atoms with Crippen molar-refractivity contribution in [3.05, 3.63) is 71.9 Å². The van der Waals surface area contributed by atoms with E-state index in [1.165, 1.54) is 6.20 Å². The van der Waals surface area contributed by atoms with Crippen molar-refractivity contribution < 1.29 is 9.59 Å². The smallest absolute Gasteiger partial charge is 0.321 e. The second-order valence-electron chi connectivity index (χ2n) is 8.09. The lowest BCUT2D eigenvalue weighted by molar-refractivity contribution is 0.100. The fourth-order valence-corrected chi connectivity index (χ4v) is 3.55. The first kappa shape index (κ1) is 23.0. The summed E-state index contributed by atoms with van der Waals surface area (Å²) in [5.74, 6) is 0.0206. The fourth-order valence-electron chi connectivity index (χ4n) is 3.55. The van der Waals surface area contributed by atoms with Gasteiger partial charge in [-0.1, -0.05) is 36.4 Å². The van der Waals surface area contributed by atoms with Crippen LogP contribution in [-0.2, 0) is 6.54 Å². The summed E-state index contributed by atoms with van der Waals surface area (Å²) in [5.41, 5.74) is 8.08. The molecular weight excluding hydrogens is 432 g/mol. The molecule has 1 saturated heterocycles. The van der Waals surface area contributed by atoms with Gasteiger partial charge in [-0.05, 0) is 30.8 Å². The average Bonchev–Trinajstić information content (AvgIpc) is 2.84. The summed E-state index contributed by atoms with van der Waals surface area (Å²) in [7, 11) is 2.05. The molecule has 2 aromatic carbocycles. The lowest BCUT2D eigenvalue weighted by Crippen LogP contribution is -2.48. The molecule has 1 aromatic heterocycles. The molecule has 4 rings (SSSR count). The molecule has 0 aliphatic carbocycles. The van der Waals surface area contributed by atoms with Gasteiger partial charge in [0, 0.05) is 50.3 Å². The summed E-state index contributed by atoms with van der Waals surface area (Å²) in [6.45, 7) is 3.58. The molecule has 10 heteroatoms. The summed E-state index contributed by atoms with van der Waals surface area (Å²) < 4.78 is 0. The van der Waals surface area contributed by atoms with Crippen molar-refractivity contribution in [2.24, 2.45) is 5.73 Å². The van der Waals surface area contributed by atoms with Crippen LogP contribution in [-0.4, -0.2) is 64.9 Å². The number of urea groups is 1. The number of likely N-dealkylation sites (N-methyl/N-ethyl adjacent to an activating group) is 1. The van der Waals surface area contributed by atoms with Gasteiger partial charge in [-0.25, -0.2) is 9.78 Å². The molecular formula is C24H28N8O2. The van der Waals surface area contributed by atoms with Crippen molar-refractivity contribution in [1.29, 1.82) is 0 Å². The minimum Gasteiger partial charge on any atom is -0.365 e. The summed E-state index contributed by atoms with van der Waals surface area (Å²) >= 11 is 0. The molecule has 0 spiro atoms. The first-order chi connectivity index (χ1) is 16.5. The molecule has 176 valence electrons. The molecule has 0 radical (unpaired) electrons. The number of primary amides is 1. The van der Waals surface area contributed by atoms with Gasteiger partial charge in [0.25, 0.3) is 5.91 Å².